The maximum atomic E-state index is 14.4. The highest BCUT2D eigenvalue weighted by Crippen LogP contribution is 2.41. The minimum Gasteiger partial charge on any atom is -0.478 e. The van der Waals surface area contributed by atoms with Crippen LogP contribution in [0.3, 0.4) is 0 Å². The Kier molecular flexibility index (Phi) is 3.95. The van der Waals surface area contributed by atoms with Gasteiger partial charge >= 0.3 is 5.97 Å². The van der Waals surface area contributed by atoms with E-state index in [0.29, 0.717) is 23.2 Å². The summed E-state index contributed by atoms with van der Waals surface area (Å²) >= 11 is 0. The van der Waals surface area contributed by atoms with Gasteiger partial charge in [0.05, 0.1) is 5.69 Å². The quantitative estimate of drug-likeness (QED) is 0.863. The molecule has 2 unspecified atom stereocenters. The lowest BCUT2D eigenvalue weighted by molar-refractivity contribution is -0.131. The molecule has 1 N–H and O–H groups in total. The number of hydrogen-bond acceptors (Lipinski definition) is 2. The lowest BCUT2D eigenvalue weighted by Gasteiger charge is -2.40. The summed E-state index contributed by atoms with van der Waals surface area (Å²) in [6, 6.07) is 5.30. The van der Waals surface area contributed by atoms with Crippen LogP contribution in [0.4, 0.5) is 10.1 Å². The third-order valence-electron chi connectivity index (χ3n) is 4.70. The van der Waals surface area contributed by atoms with Crippen LogP contribution in [0, 0.1) is 11.7 Å². The van der Waals surface area contributed by atoms with Gasteiger partial charge in [-0.25, -0.2) is 9.18 Å². The number of halogens is 1. The van der Waals surface area contributed by atoms with E-state index in [0.717, 1.165) is 25.5 Å². The Hall–Kier alpha value is -1.84. The Morgan fingerprint density at radius 3 is 2.90 bits per heavy atom. The SMILES string of the molecule is O=C(O)/C=C/c1cccc(F)c1N1CCCC2CCCC21. The number of hydrogen-bond donors (Lipinski definition) is 1. The molecule has 2 aliphatic rings. The largest absolute Gasteiger partial charge is 0.478 e. The minimum atomic E-state index is -1.01. The molecule has 1 heterocycles. The van der Waals surface area contributed by atoms with Gasteiger partial charge in [-0.2, -0.15) is 0 Å². The number of piperidine rings is 1. The maximum Gasteiger partial charge on any atom is 0.328 e. The van der Waals surface area contributed by atoms with Gasteiger partial charge in [-0.3, -0.25) is 0 Å². The molecule has 0 radical (unpaired) electrons. The Bertz CT molecular complexity index is 570. The van der Waals surface area contributed by atoms with Crippen molar-refractivity contribution in [3.63, 3.8) is 0 Å². The topological polar surface area (TPSA) is 40.5 Å². The van der Waals surface area contributed by atoms with Crippen LogP contribution in [0.25, 0.3) is 6.08 Å². The zero-order chi connectivity index (χ0) is 14.8. The van der Waals surface area contributed by atoms with Gasteiger partial charge in [0.1, 0.15) is 5.82 Å². The third kappa shape index (κ3) is 2.80. The average Bonchev–Trinajstić information content (AvgIpc) is 2.93. The first-order chi connectivity index (χ1) is 10.2. The van der Waals surface area contributed by atoms with Crippen molar-refractivity contribution >= 4 is 17.7 Å². The van der Waals surface area contributed by atoms with E-state index in [1.165, 1.54) is 31.4 Å². The normalized spacial score (nSPS) is 25.3. The predicted octanol–water partition coefficient (Wildman–Crippen LogP) is 3.69. The first-order valence-corrected chi connectivity index (χ1v) is 7.63. The molecule has 2 atom stereocenters. The molecular weight excluding hydrogens is 269 g/mol. The average molecular weight is 289 g/mol. The monoisotopic (exact) mass is 289 g/mol. The summed E-state index contributed by atoms with van der Waals surface area (Å²) in [4.78, 5) is 12.9. The second kappa shape index (κ2) is 5.88. The molecule has 1 aliphatic carbocycles. The van der Waals surface area contributed by atoms with Crippen LogP contribution in [0.1, 0.15) is 37.7 Å². The van der Waals surface area contributed by atoms with Gasteiger partial charge in [0.25, 0.3) is 0 Å². The Morgan fingerprint density at radius 1 is 1.29 bits per heavy atom. The van der Waals surface area contributed by atoms with Crippen LogP contribution in [0.15, 0.2) is 24.3 Å². The molecule has 1 saturated carbocycles. The molecule has 3 rings (SSSR count). The number of aliphatic carboxylic acids is 1. The molecule has 3 nitrogen and oxygen atoms in total. The standard InChI is InChI=1S/C17H20FNO2/c18-14-7-1-5-13(9-10-16(20)21)17(14)19-11-3-6-12-4-2-8-15(12)19/h1,5,7,9-10,12,15H,2-4,6,8,11H2,(H,20,21)/b10-9+. The maximum absolute atomic E-state index is 14.4. The Balaban J connectivity index is 1.98. The zero-order valence-electron chi connectivity index (χ0n) is 12.0. The Morgan fingerprint density at radius 2 is 2.10 bits per heavy atom. The molecule has 1 saturated heterocycles. The van der Waals surface area contributed by atoms with Crippen LogP contribution < -0.4 is 4.90 Å². The minimum absolute atomic E-state index is 0.255. The fraction of sp³-hybridized carbons (Fsp3) is 0.471. The van der Waals surface area contributed by atoms with Crippen molar-refractivity contribution in [3.8, 4) is 0 Å². The van der Waals surface area contributed by atoms with E-state index < -0.39 is 5.97 Å². The van der Waals surface area contributed by atoms with Gasteiger partial charge in [0.15, 0.2) is 0 Å². The summed E-state index contributed by atoms with van der Waals surface area (Å²) in [6.45, 7) is 0.857. The predicted molar refractivity (Wildman–Crippen MR) is 80.8 cm³/mol. The first kappa shape index (κ1) is 14.1. The molecule has 2 fully saturated rings. The van der Waals surface area contributed by atoms with Gasteiger partial charge in [0, 0.05) is 24.2 Å². The van der Waals surface area contributed by atoms with E-state index in [-0.39, 0.29) is 5.82 Å². The number of anilines is 1. The van der Waals surface area contributed by atoms with Gasteiger partial charge in [0.2, 0.25) is 0 Å². The Labute approximate surface area is 124 Å². The van der Waals surface area contributed by atoms with Crippen molar-refractivity contribution in [2.24, 2.45) is 5.92 Å². The number of carboxylic acid groups (broad SMARTS) is 1. The molecule has 0 spiro atoms. The second-order valence-electron chi connectivity index (χ2n) is 5.94. The second-order valence-corrected chi connectivity index (χ2v) is 5.94. The molecular formula is C17H20FNO2. The molecule has 0 amide bonds. The summed E-state index contributed by atoms with van der Waals surface area (Å²) in [5, 5.41) is 8.80. The molecule has 112 valence electrons. The van der Waals surface area contributed by atoms with E-state index in [1.807, 2.05) is 0 Å². The molecule has 4 heteroatoms. The highest BCUT2D eigenvalue weighted by Gasteiger charge is 2.36. The molecule has 1 aliphatic heterocycles. The third-order valence-corrected chi connectivity index (χ3v) is 4.70. The van der Waals surface area contributed by atoms with Crippen LogP contribution in [0.2, 0.25) is 0 Å². The number of nitrogens with zero attached hydrogens (tertiary/aromatic N) is 1. The summed E-state index contributed by atoms with van der Waals surface area (Å²) in [5.74, 6) is -0.604. The number of rotatable bonds is 3. The molecule has 0 bridgehead atoms. The van der Waals surface area contributed by atoms with Crippen molar-refractivity contribution in [2.75, 3.05) is 11.4 Å². The highest BCUT2D eigenvalue weighted by atomic mass is 19.1. The van der Waals surface area contributed by atoms with Gasteiger partial charge in [-0.05, 0) is 43.7 Å². The number of carbonyl (C=O) groups is 1. The van der Waals surface area contributed by atoms with Crippen molar-refractivity contribution in [1.82, 2.24) is 0 Å². The number of benzene rings is 1. The number of fused-ring (bicyclic) bond motifs is 1. The van der Waals surface area contributed by atoms with Gasteiger partial charge in [-0.15, -0.1) is 0 Å². The van der Waals surface area contributed by atoms with Crippen LogP contribution >= 0.6 is 0 Å². The fourth-order valence-electron chi connectivity index (χ4n) is 3.86. The smallest absolute Gasteiger partial charge is 0.328 e. The van der Waals surface area contributed by atoms with E-state index >= 15 is 0 Å². The van der Waals surface area contributed by atoms with Crippen molar-refractivity contribution < 1.29 is 14.3 Å². The highest BCUT2D eigenvalue weighted by molar-refractivity contribution is 5.87. The summed E-state index contributed by atoms with van der Waals surface area (Å²) in [5.41, 5.74) is 1.23. The first-order valence-electron chi connectivity index (χ1n) is 7.63. The summed E-state index contributed by atoms with van der Waals surface area (Å²) in [7, 11) is 0. The van der Waals surface area contributed by atoms with Crippen LogP contribution in [0.5, 0.6) is 0 Å². The molecule has 1 aromatic rings. The molecule has 0 aromatic heterocycles. The lowest BCUT2D eigenvalue weighted by atomic mass is 9.91. The zero-order valence-corrected chi connectivity index (χ0v) is 12.0. The van der Waals surface area contributed by atoms with Crippen LogP contribution in [-0.4, -0.2) is 23.7 Å². The fourth-order valence-corrected chi connectivity index (χ4v) is 3.86. The summed E-state index contributed by atoms with van der Waals surface area (Å²) < 4.78 is 14.4. The molecule has 1 aromatic carbocycles. The van der Waals surface area contributed by atoms with Crippen LogP contribution in [-0.2, 0) is 4.79 Å². The van der Waals surface area contributed by atoms with E-state index in [4.69, 9.17) is 5.11 Å². The van der Waals surface area contributed by atoms with E-state index in [9.17, 15) is 9.18 Å². The summed E-state index contributed by atoms with van der Waals surface area (Å²) in [6.07, 6.45) is 8.44. The van der Waals surface area contributed by atoms with Gasteiger partial charge < -0.3 is 10.0 Å². The number of carboxylic acids is 1. The van der Waals surface area contributed by atoms with Crippen molar-refractivity contribution in [2.45, 2.75) is 38.1 Å². The van der Waals surface area contributed by atoms with Gasteiger partial charge in [-0.1, -0.05) is 18.6 Å². The molecule has 21 heavy (non-hydrogen) atoms. The number of para-hydroxylation sites is 1. The lowest BCUT2D eigenvalue weighted by Crippen LogP contribution is -2.43. The van der Waals surface area contributed by atoms with E-state index in [1.54, 1.807) is 12.1 Å². The van der Waals surface area contributed by atoms with E-state index in [2.05, 4.69) is 4.90 Å². The van der Waals surface area contributed by atoms with Crippen molar-refractivity contribution in [1.29, 1.82) is 0 Å². The van der Waals surface area contributed by atoms with Crippen molar-refractivity contribution in [3.05, 3.63) is 35.7 Å².